The largest absolute Gasteiger partial charge is 0.309 e. The zero-order valence-corrected chi connectivity index (χ0v) is 9.97. The topological polar surface area (TPSA) is 3.24 Å². The molecule has 2 heteroatoms. The van der Waals surface area contributed by atoms with Crippen LogP contribution in [0.5, 0.6) is 0 Å². The summed E-state index contributed by atoms with van der Waals surface area (Å²) >= 11 is 0. The van der Waals surface area contributed by atoms with Crippen molar-refractivity contribution in [1.29, 1.82) is 0 Å². The number of rotatable bonds is 8. The summed E-state index contributed by atoms with van der Waals surface area (Å²) in [6.45, 7) is 6.85. The van der Waals surface area contributed by atoms with E-state index in [2.05, 4.69) is 32.8 Å². The molecule has 0 saturated heterocycles. The van der Waals surface area contributed by atoms with Gasteiger partial charge in [0.15, 0.2) is 0 Å². The van der Waals surface area contributed by atoms with Crippen LogP contribution < -0.4 is 0 Å². The molecule has 0 aliphatic rings. The monoisotopic (exact) mass is 183 g/mol. The summed E-state index contributed by atoms with van der Waals surface area (Å²) in [5.41, 5.74) is 0. The molecule has 0 spiro atoms. The highest BCUT2D eigenvalue weighted by Crippen LogP contribution is 2.12. The van der Waals surface area contributed by atoms with Crippen molar-refractivity contribution in [2.24, 2.45) is 0 Å². The Bertz CT molecular complexity index is 98.3. The van der Waals surface area contributed by atoms with Crippen molar-refractivity contribution in [2.75, 3.05) is 20.6 Å². The quantitative estimate of drug-likeness (QED) is 0.522. The molecule has 0 fully saturated rings. The lowest BCUT2D eigenvalue weighted by atomic mass is 9.41. The summed E-state index contributed by atoms with van der Waals surface area (Å²) in [4.78, 5) is 2.29. The third-order valence-corrected chi connectivity index (χ3v) is 2.61. The first-order valence-electron chi connectivity index (χ1n) is 5.85. The Morgan fingerprint density at radius 2 is 1.46 bits per heavy atom. The summed E-state index contributed by atoms with van der Waals surface area (Å²) in [5.74, 6) is 0. The third kappa shape index (κ3) is 8.36. The molecule has 0 aliphatic heterocycles. The predicted molar refractivity (Wildman–Crippen MR) is 63.9 cm³/mol. The molecule has 0 amide bonds. The van der Waals surface area contributed by atoms with Crippen molar-refractivity contribution in [3.63, 3.8) is 0 Å². The van der Waals surface area contributed by atoms with Gasteiger partial charge in [0.1, 0.15) is 6.71 Å². The van der Waals surface area contributed by atoms with Crippen LogP contribution >= 0.6 is 0 Å². The Labute approximate surface area is 85.0 Å². The van der Waals surface area contributed by atoms with Crippen LogP contribution in [0, 0.1) is 0 Å². The maximum absolute atomic E-state index is 2.30. The molecule has 13 heavy (non-hydrogen) atoms. The van der Waals surface area contributed by atoms with E-state index >= 15 is 0 Å². The lowest BCUT2D eigenvalue weighted by Gasteiger charge is -2.13. The van der Waals surface area contributed by atoms with Gasteiger partial charge in [-0.25, -0.2) is 0 Å². The van der Waals surface area contributed by atoms with E-state index in [1.54, 1.807) is 0 Å². The Kier molecular flexibility index (Phi) is 8.63. The molecule has 0 aliphatic carbocycles. The van der Waals surface area contributed by atoms with Gasteiger partial charge in [0.25, 0.3) is 0 Å². The Hall–Kier alpha value is 0.0249. The summed E-state index contributed by atoms with van der Waals surface area (Å²) in [5, 5.41) is 0. The van der Waals surface area contributed by atoms with Crippen molar-refractivity contribution in [3.05, 3.63) is 0 Å². The van der Waals surface area contributed by atoms with E-state index in [9.17, 15) is 0 Å². The molecule has 0 N–H and O–H groups in total. The fourth-order valence-corrected chi connectivity index (χ4v) is 1.95. The van der Waals surface area contributed by atoms with Crippen molar-refractivity contribution >= 4 is 6.71 Å². The number of nitrogens with zero attached hydrogens (tertiary/aromatic N) is 1. The minimum absolute atomic E-state index is 0.995. The molecule has 0 aromatic carbocycles. The second-order valence-electron chi connectivity index (χ2n) is 4.39. The summed E-state index contributed by atoms with van der Waals surface area (Å²) in [6, 6.07) is 0. The third-order valence-electron chi connectivity index (χ3n) is 2.61. The SMILES string of the molecule is CCCB(CCC)CCCN(C)C. The van der Waals surface area contributed by atoms with Crippen LogP contribution in [0.15, 0.2) is 0 Å². The van der Waals surface area contributed by atoms with Gasteiger partial charge in [-0.1, -0.05) is 45.6 Å². The van der Waals surface area contributed by atoms with E-state index in [0.717, 1.165) is 6.71 Å². The molecule has 0 rings (SSSR count). The van der Waals surface area contributed by atoms with E-state index in [4.69, 9.17) is 0 Å². The standard InChI is InChI=1S/C11H26BN/c1-5-8-12(9-6-2)10-7-11-13(3)4/h5-11H2,1-4H3. The van der Waals surface area contributed by atoms with Gasteiger partial charge in [-0.2, -0.15) is 0 Å². The molecule has 0 atom stereocenters. The van der Waals surface area contributed by atoms with Crippen LogP contribution in [0.1, 0.15) is 33.1 Å². The average molecular weight is 183 g/mol. The van der Waals surface area contributed by atoms with E-state index in [-0.39, 0.29) is 0 Å². The molecule has 0 saturated carbocycles. The number of hydrogen-bond acceptors (Lipinski definition) is 1. The molecule has 0 bridgehead atoms. The molecular formula is C11H26BN. The van der Waals surface area contributed by atoms with Gasteiger partial charge in [0.2, 0.25) is 0 Å². The van der Waals surface area contributed by atoms with E-state index < -0.39 is 0 Å². The first-order chi connectivity index (χ1) is 6.20. The average Bonchev–Trinajstić information content (AvgIpc) is 2.04. The molecule has 0 aromatic heterocycles. The molecular weight excluding hydrogens is 157 g/mol. The normalized spacial score (nSPS) is 10.8. The zero-order valence-electron chi connectivity index (χ0n) is 9.97. The molecule has 0 aromatic rings. The van der Waals surface area contributed by atoms with Crippen molar-refractivity contribution in [1.82, 2.24) is 4.90 Å². The Morgan fingerprint density at radius 1 is 0.923 bits per heavy atom. The van der Waals surface area contributed by atoms with E-state index in [0.29, 0.717) is 0 Å². The van der Waals surface area contributed by atoms with E-state index in [1.807, 2.05) is 0 Å². The van der Waals surface area contributed by atoms with Crippen molar-refractivity contribution in [3.8, 4) is 0 Å². The van der Waals surface area contributed by atoms with Gasteiger partial charge >= 0.3 is 0 Å². The lowest BCUT2D eigenvalue weighted by molar-refractivity contribution is 0.408. The second kappa shape index (κ2) is 8.62. The fraction of sp³-hybridized carbons (Fsp3) is 1.00. The minimum Gasteiger partial charge on any atom is -0.309 e. The van der Waals surface area contributed by atoms with Crippen molar-refractivity contribution in [2.45, 2.75) is 52.1 Å². The summed E-state index contributed by atoms with van der Waals surface area (Å²) in [6.07, 6.45) is 8.37. The first kappa shape index (κ1) is 13.0. The highest BCUT2D eigenvalue weighted by Gasteiger charge is 2.10. The highest BCUT2D eigenvalue weighted by atomic mass is 15.0. The second-order valence-corrected chi connectivity index (χ2v) is 4.39. The van der Waals surface area contributed by atoms with Gasteiger partial charge in [0.05, 0.1) is 0 Å². The molecule has 0 radical (unpaired) electrons. The smallest absolute Gasteiger partial charge is 0.139 e. The van der Waals surface area contributed by atoms with Crippen LogP contribution in [-0.4, -0.2) is 32.3 Å². The van der Waals surface area contributed by atoms with Gasteiger partial charge < -0.3 is 4.90 Å². The Morgan fingerprint density at radius 3 is 1.85 bits per heavy atom. The molecule has 1 nitrogen and oxygen atoms in total. The number of hydrogen-bond donors (Lipinski definition) is 0. The minimum atomic E-state index is 0.995. The van der Waals surface area contributed by atoms with Crippen LogP contribution in [0.4, 0.5) is 0 Å². The van der Waals surface area contributed by atoms with Gasteiger partial charge in [0, 0.05) is 0 Å². The van der Waals surface area contributed by atoms with Gasteiger partial charge in [-0.05, 0) is 27.1 Å². The molecule has 0 unspecified atom stereocenters. The van der Waals surface area contributed by atoms with E-state index in [1.165, 1.54) is 44.8 Å². The molecule has 78 valence electrons. The molecule has 0 heterocycles. The van der Waals surface area contributed by atoms with Gasteiger partial charge in [-0.15, -0.1) is 0 Å². The van der Waals surface area contributed by atoms with Crippen LogP contribution in [0.25, 0.3) is 0 Å². The fourth-order valence-electron chi connectivity index (χ4n) is 1.95. The highest BCUT2D eigenvalue weighted by molar-refractivity contribution is 6.58. The van der Waals surface area contributed by atoms with Crippen LogP contribution in [-0.2, 0) is 0 Å². The Balaban J connectivity index is 3.44. The predicted octanol–water partition coefficient (Wildman–Crippen LogP) is 3.25. The van der Waals surface area contributed by atoms with Crippen LogP contribution in [0.2, 0.25) is 19.0 Å². The lowest BCUT2D eigenvalue weighted by Crippen LogP contribution is -2.17. The maximum Gasteiger partial charge on any atom is 0.139 e. The summed E-state index contributed by atoms with van der Waals surface area (Å²) in [7, 11) is 4.32. The summed E-state index contributed by atoms with van der Waals surface area (Å²) < 4.78 is 0. The van der Waals surface area contributed by atoms with Crippen molar-refractivity contribution < 1.29 is 0 Å². The first-order valence-corrected chi connectivity index (χ1v) is 5.85. The van der Waals surface area contributed by atoms with Crippen LogP contribution in [0.3, 0.4) is 0 Å². The van der Waals surface area contributed by atoms with Gasteiger partial charge in [-0.3, -0.25) is 0 Å². The maximum atomic E-state index is 2.30. The zero-order chi connectivity index (χ0) is 10.1.